The number of halogens is 1. The van der Waals surface area contributed by atoms with E-state index in [1.54, 1.807) is 0 Å². The van der Waals surface area contributed by atoms with Crippen molar-refractivity contribution in [2.45, 2.75) is 35.9 Å². The van der Waals surface area contributed by atoms with Gasteiger partial charge in [0.15, 0.2) is 0 Å². The molecule has 0 amide bonds. The average molecular weight is 296 g/mol. The quantitative estimate of drug-likeness (QED) is 0.573. The fourth-order valence-electron chi connectivity index (χ4n) is 3.03. The molecule has 1 heterocycles. The lowest BCUT2D eigenvalue weighted by molar-refractivity contribution is 0.402. The number of hydrogen-bond donors (Lipinski definition) is 1. The van der Waals surface area contributed by atoms with Gasteiger partial charge in [0.1, 0.15) is 0 Å². The van der Waals surface area contributed by atoms with E-state index in [-0.39, 0.29) is 5.41 Å². The third-order valence-electron chi connectivity index (χ3n) is 3.82. The Balaban J connectivity index is 2.09. The van der Waals surface area contributed by atoms with Gasteiger partial charge in [-0.05, 0) is 30.9 Å². The second-order valence-corrected chi connectivity index (χ2v) is 6.48. The van der Waals surface area contributed by atoms with Gasteiger partial charge < -0.3 is 5.32 Å². The van der Waals surface area contributed by atoms with Crippen LogP contribution in [0, 0.1) is 0 Å². The number of thiocarbonyl (C=S) groups is 1. The Morgan fingerprint density at radius 2 is 2.19 bits per heavy atom. The number of anilines is 1. The van der Waals surface area contributed by atoms with E-state index < -0.39 is 0 Å². The molecule has 16 heavy (non-hydrogen) atoms. The van der Waals surface area contributed by atoms with Gasteiger partial charge in [0.25, 0.3) is 0 Å². The van der Waals surface area contributed by atoms with Crippen LogP contribution in [0.25, 0.3) is 0 Å². The summed E-state index contributed by atoms with van der Waals surface area (Å²) in [5.41, 5.74) is 2.73. The molecular formula is C13H14BrNS. The number of para-hydroxylation sites is 1. The van der Waals surface area contributed by atoms with Crippen molar-refractivity contribution in [1.29, 1.82) is 0 Å². The first-order chi connectivity index (χ1) is 7.72. The summed E-state index contributed by atoms with van der Waals surface area (Å²) in [6.07, 6.45) is 4.85. The van der Waals surface area contributed by atoms with Crippen molar-refractivity contribution in [3.05, 3.63) is 29.8 Å². The number of rotatable bonds is 0. The molecule has 0 radical (unpaired) electrons. The van der Waals surface area contributed by atoms with Crippen LogP contribution in [0.5, 0.6) is 0 Å². The minimum atomic E-state index is 0.109. The van der Waals surface area contributed by atoms with E-state index in [1.165, 1.54) is 30.5 Å². The number of nitrogens with one attached hydrogen (secondary N) is 1. The van der Waals surface area contributed by atoms with Gasteiger partial charge in [0.05, 0.1) is 4.99 Å². The highest BCUT2D eigenvalue weighted by Gasteiger charge is 2.45. The maximum Gasteiger partial charge on any atom is 0.0905 e. The van der Waals surface area contributed by atoms with Gasteiger partial charge in [0, 0.05) is 15.9 Å². The Morgan fingerprint density at radius 3 is 3.00 bits per heavy atom. The largest absolute Gasteiger partial charge is 0.349 e. The SMILES string of the molecule is S=C1Nc2ccccc2C12CCCC(Br)C2. The van der Waals surface area contributed by atoms with Crippen molar-refractivity contribution >= 4 is 38.8 Å². The van der Waals surface area contributed by atoms with Crippen LogP contribution in [0.15, 0.2) is 24.3 Å². The fraction of sp³-hybridized carbons (Fsp3) is 0.462. The molecule has 1 saturated carbocycles. The van der Waals surface area contributed by atoms with Crippen LogP contribution in [-0.4, -0.2) is 9.82 Å². The maximum absolute atomic E-state index is 5.58. The monoisotopic (exact) mass is 295 g/mol. The lowest BCUT2D eigenvalue weighted by atomic mass is 9.70. The molecule has 0 saturated heterocycles. The molecule has 84 valence electrons. The molecule has 1 aromatic carbocycles. The fourth-order valence-corrected chi connectivity index (χ4v) is 4.31. The highest BCUT2D eigenvalue weighted by Crippen LogP contribution is 2.49. The van der Waals surface area contributed by atoms with E-state index in [1.807, 2.05) is 0 Å². The Labute approximate surface area is 110 Å². The van der Waals surface area contributed by atoms with Crippen molar-refractivity contribution in [3.63, 3.8) is 0 Å². The zero-order chi connectivity index (χ0) is 11.2. The van der Waals surface area contributed by atoms with E-state index in [9.17, 15) is 0 Å². The molecule has 1 aromatic rings. The molecule has 1 nitrogen and oxygen atoms in total. The second kappa shape index (κ2) is 3.81. The van der Waals surface area contributed by atoms with Gasteiger partial charge in [-0.1, -0.05) is 52.8 Å². The zero-order valence-electron chi connectivity index (χ0n) is 9.00. The normalized spacial score (nSPS) is 32.6. The van der Waals surface area contributed by atoms with Crippen molar-refractivity contribution in [3.8, 4) is 0 Å². The van der Waals surface area contributed by atoms with Crippen molar-refractivity contribution in [1.82, 2.24) is 0 Å². The molecule has 3 heteroatoms. The molecule has 2 unspecified atom stereocenters. The predicted molar refractivity (Wildman–Crippen MR) is 75.5 cm³/mol. The van der Waals surface area contributed by atoms with Crippen molar-refractivity contribution in [2.75, 3.05) is 5.32 Å². The molecule has 1 aliphatic heterocycles. The Morgan fingerprint density at radius 1 is 1.38 bits per heavy atom. The molecule has 1 fully saturated rings. The van der Waals surface area contributed by atoms with Gasteiger partial charge in [-0.3, -0.25) is 0 Å². The van der Waals surface area contributed by atoms with E-state index in [4.69, 9.17) is 12.2 Å². The number of hydrogen-bond acceptors (Lipinski definition) is 1. The lowest BCUT2D eigenvalue weighted by Gasteiger charge is -2.36. The Bertz CT molecular complexity index is 445. The predicted octanol–water partition coefficient (Wildman–Crippen LogP) is 4.01. The third kappa shape index (κ3) is 1.45. The lowest BCUT2D eigenvalue weighted by Crippen LogP contribution is -2.38. The van der Waals surface area contributed by atoms with Crippen LogP contribution < -0.4 is 5.32 Å². The van der Waals surface area contributed by atoms with E-state index in [0.29, 0.717) is 4.83 Å². The molecule has 0 bridgehead atoms. The van der Waals surface area contributed by atoms with Crippen LogP contribution in [-0.2, 0) is 5.41 Å². The molecule has 1 aliphatic carbocycles. The topological polar surface area (TPSA) is 12.0 Å². The summed E-state index contributed by atoms with van der Waals surface area (Å²) in [4.78, 5) is 1.63. The van der Waals surface area contributed by atoms with Crippen molar-refractivity contribution < 1.29 is 0 Å². The minimum absolute atomic E-state index is 0.109. The van der Waals surface area contributed by atoms with Crippen LogP contribution >= 0.6 is 28.1 Å². The van der Waals surface area contributed by atoms with Gasteiger partial charge in [-0.2, -0.15) is 0 Å². The summed E-state index contributed by atoms with van der Waals surface area (Å²) in [6, 6.07) is 8.55. The van der Waals surface area contributed by atoms with Crippen LogP contribution in [0.3, 0.4) is 0 Å². The molecule has 2 aliphatic rings. The van der Waals surface area contributed by atoms with Gasteiger partial charge >= 0.3 is 0 Å². The molecule has 3 rings (SSSR count). The molecule has 0 aromatic heterocycles. The van der Waals surface area contributed by atoms with E-state index in [2.05, 4.69) is 45.5 Å². The number of benzene rings is 1. The highest BCUT2D eigenvalue weighted by atomic mass is 79.9. The molecule has 1 spiro atoms. The third-order valence-corrected chi connectivity index (χ3v) is 5.09. The van der Waals surface area contributed by atoms with Gasteiger partial charge in [-0.25, -0.2) is 0 Å². The number of alkyl halides is 1. The van der Waals surface area contributed by atoms with Crippen LogP contribution in [0.4, 0.5) is 5.69 Å². The number of fused-ring (bicyclic) bond motifs is 2. The summed E-state index contributed by atoms with van der Waals surface area (Å²) in [5, 5.41) is 3.39. The first kappa shape index (κ1) is 10.7. The summed E-state index contributed by atoms with van der Waals surface area (Å²) < 4.78 is 0. The molecule has 2 atom stereocenters. The standard InChI is InChI=1S/C13H14BrNS/c14-9-4-3-7-13(8-9)10-5-1-2-6-11(10)15-12(13)16/h1-2,5-6,9H,3-4,7-8H2,(H,15,16). The minimum Gasteiger partial charge on any atom is -0.349 e. The Hall–Kier alpha value is -0.410. The van der Waals surface area contributed by atoms with Crippen LogP contribution in [0.2, 0.25) is 0 Å². The first-order valence-electron chi connectivity index (χ1n) is 5.77. The summed E-state index contributed by atoms with van der Waals surface area (Å²) in [7, 11) is 0. The average Bonchev–Trinajstić information content (AvgIpc) is 2.53. The molecular weight excluding hydrogens is 282 g/mol. The van der Waals surface area contributed by atoms with Crippen LogP contribution in [0.1, 0.15) is 31.2 Å². The summed E-state index contributed by atoms with van der Waals surface area (Å²) >= 11 is 9.34. The Kier molecular flexibility index (Phi) is 2.55. The summed E-state index contributed by atoms with van der Waals surface area (Å²) in [6.45, 7) is 0. The first-order valence-corrected chi connectivity index (χ1v) is 7.10. The van der Waals surface area contributed by atoms with E-state index >= 15 is 0 Å². The summed E-state index contributed by atoms with van der Waals surface area (Å²) in [5.74, 6) is 0. The van der Waals surface area contributed by atoms with Crippen molar-refractivity contribution in [2.24, 2.45) is 0 Å². The van der Waals surface area contributed by atoms with E-state index in [0.717, 1.165) is 11.4 Å². The highest BCUT2D eigenvalue weighted by molar-refractivity contribution is 9.09. The van der Waals surface area contributed by atoms with Gasteiger partial charge in [-0.15, -0.1) is 0 Å². The maximum atomic E-state index is 5.58. The van der Waals surface area contributed by atoms with Gasteiger partial charge in [0.2, 0.25) is 0 Å². The zero-order valence-corrected chi connectivity index (χ0v) is 11.4. The molecule has 1 N–H and O–H groups in total. The smallest absolute Gasteiger partial charge is 0.0905 e. The second-order valence-electron chi connectivity index (χ2n) is 4.78.